The van der Waals surface area contributed by atoms with Gasteiger partial charge in [-0.3, -0.25) is 14.4 Å². The van der Waals surface area contributed by atoms with Crippen LogP contribution in [-0.2, 0) is 6.54 Å². The predicted molar refractivity (Wildman–Crippen MR) is 151 cm³/mol. The van der Waals surface area contributed by atoms with Crippen LogP contribution >= 0.6 is 23.2 Å². The molecule has 3 amide bonds. The Bertz CT molecular complexity index is 1380. The molecule has 5 rings (SSSR count). The number of carbonyl (C=O) groups is 3. The van der Waals surface area contributed by atoms with Crippen LogP contribution in [-0.4, -0.2) is 41.3 Å². The quantitative estimate of drug-likeness (QED) is 0.387. The maximum absolute atomic E-state index is 13.0. The van der Waals surface area contributed by atoms with Crippen LogP contribution in [0.3, 0.4) is 0 Å². The molecule has 39 heavy (non-hydrogen) atoms. The summed E-state index contributed by atoms with van der Waals surface area (Å²) in [7, 11) is 0. The SMILES string of the molecule is NC(=O)c1cc(Cl)c(C(=O)NC2CC3CCCN(c4ccc(C(=O)NCc5ccccc5)cn4)C3C2)cc1Cl. The molecule has 0 spiro atoms. The van der Waals surface area contributed by atoms with Crippen molar-refractivity contribution in [1.29, 1.82) is 0 Å². The number of piperidine rings is 1. The molecule has 1 aromatic heterocycles. The standard InChI is InChI=1S/C29H29Cl2N5O3/c30-23-14-22(24(31)13-21(23)27(32)37)29(39)35-20-11-18-7-4-10-36(25(18)12-20)26-9-8-19(16-33-26)28(38)34-15-17-5-2-1-3-6-17/h1-3,5-6,8-9,13-14,16,18,20,25H,4,7,10-12,15H2,(H2,32,37)(H,34,38)(H,35,39). The van der Waals surface area contributed by atoms with Gasteiger partial charge in [-0.25, -0.2) is 4.98 Å². The second-order valence-corrected chi connectivity index (χ2v) is 10.9. The van der Waals surface area contributed by atoms with Crippen LogP contribution in [0.2, 0.25) is 10.0 Å². The second kappa shape index (κ2) is 11.6. The summed E-state index contributed by atoms with van der Waals surface area (Å²) < 4.78 is 0. The third kappa shape index (κ3) is 6.02. The van der Waals surface area contributed by atoms with Crippen molar-refractivity contribution in [2.24, 2.45) is 11.7 Å². The number of anilines is 1. The molecule has 1 saturated carbocycles. The topological polar surface area (TPSA) is 117 Å². The number of pyridine rings is 1. The highest BCUT2D eigenvalue weighted by molar-refractivity contribution is 6.38. The number of nitrogens with two attached hydrogens (primary N) is 1. The first kappa shape index (κ1) is 27.0. The summed E-state index contributed by atoms with van der Waals surface area (Å²) in [5.74, 6) is 0.0326. The van der Waals surface area contributed by atoms with E-state index in [0.717, 1.165) is 43.6 Å². The molecule has 2 aliphatic rings. The minimum absolute atomic E-state index is 0.0400. The van der Waals surface area contributed by atoms with E-state index in [0.29, 0.717) is 18.0 Å². The Kier molecular flexibility index (Phi) is 8.04. The van der Waals surface area contributed by atoms with Gasteiger partial charge in [0.25, 0.3) is 11.8 Å². The molecule has 2 heterocycles. The van der Waals surface area contributed by atoms with Gasteiger partial charge in [-0.15, -0.1) is 0 Å². The normalized spacial score (nSPS) is 20.3. The zero-order valence-corrected chi connectivity index (χ0v) is 22.7. The van der Waals surface area contributed by atoms with Gasteiger partial charge in [0, 0.05) is 31.4 Å². The predicted octanol–water partition coefficient (Wildman–Crippen LogP) is 4.59. The summed E-state index contributed by atoms with van der Waals surface area (Å²) in [4.78, 5) is 44.0. The van der Waals surface area contributed by atoms with E-state index in [1.807, 2.05) is 42.5 Å². The summed E-state index contributed by atoms with van der Waals surface area (Å²) in [6.07, 6.45) is 5.33. The van der Waals surface area contributed by atoms with E-state index >= 15 is 0 Å². The number of hydrogen-bond acceptors (Lipinski definition) is 5. The van der Waals surface area contributed by atoms with E-state index in [1.54, 1.807) is 6.20 Å². The molecule has 10 heteroatoms. The number of rotatable bonds is 7. The Morgan fingerprint density at radius 1 is 0.974 bits per heavy atom. The first-order valence-electron chi connectivity index (χ1n) is 12.9. The zero-order chi connectivity index (χ0) is 27.5. The van der Waals surface area contributed by atoms with Gasteiger partial charge in [0.05, 0.1) is 26.7 Å². The lowest BCUT2D eigenvalue weighted by molar-refractivity contribution is 0.0932. The van der Waals surface area contributed by atoms with Crippen LogP contribution in [0.15, 0.2) is 60.8 Å². The summed E-state index contributed by atoms with van der Waals surface area (Å²) in [6, 6.07) is 16.4. The smallest absolute Gasteiger partial charge is 0.253 e. The van der Waals surface area contributed by atoms with Crippen molar-refractivity contribution >= 4 is 46.7 Å². The molecule has 0 bridgehead atoms. The molecular formula is C29H29Cl2N5O3. The molecule has 2 aromatic carbocycles. The number of nitrogens with one attached hydrogen (secondary N) is 2. The Hall–Kier alpha value is -3.62. The molecule has 3 atom stereocenters. The van der Waals surface area contributed by atoms with E-state index in [4.69, 9.17) is 28.9 Å². The molecule has 3 unspecified atom stereocenters. The number of halogens is 2. The monoisotopic (exact) mass is 565 g/mol. The highest BCUT2D eigenvalue weighted by Gasteiger charge is 2.41. The maximum Gasteiger partial charge on any atom is 0.253 e. The molecule has 202 valence electrons. The van der Waals surface area contributed by atoms with Crippen LogP contribution in [0.25, 0.3) is 0 Å². The van der Waals surface area contributed by atoms with Gasteiger partial charge < -0.3 is 21.3 Å². The van der Waals surface area contributed by atoms with Gasteiger partial charge in [0.2, 0.25) is 5.91 Å². The van der Waals surface area contributed by atoms with Crippen LogP contribution in [0.4, 0.5) is 5.82 Å². The van der Waals surface area contributed by atoms with Crippen LogP contribution < -0.4 is 21.3 Å². The Morgan fingerprint density at radius 2 is 1.72 bits per heavy atom. The second-order valence-electron chi connectivity index (χ2n) is 10.1. The Labute approximate surface area is 236 Å². The fourth-order valence-electron chi connectivity index (χ4n) is 5.63. The lowest BCUT2D eigenvalue weighted by Crippen LogP contribution is -2.43. The summed E-state index contributed by atoms with van der Waals surface area (Å²) in [5, 5.41) is 6.24. The van der Waals surface area contributed by atoms with E-state index in [2.05, 4.69) is 20.5 Å². The molecule has 1 saturated heterocycles. The first-order valence-corrected chi connectivity index (χ1v) is 13.7. The number of aromatic nitrogens is 1. The van der Waals surface area contributed by atoms with Crippen LogP contribution in [0.1, 0.15) is 62.3 Å². The van der Waals surface area contributed by atoms with Gasteiger partial charge >= 0.3 is 0 Å². The number of carbonyl (C=O) groups excluding carboxylic acids is 3. The number of primary amides is 1. The van der Waals surface area contributed by atoms with Crippen molar-refractivity contribution in [2.75, 3.05) is 11.4 Å². The van der Waals surface area contributed by atoms with Crippen LogP contribution in [0, 0.1) is 5.92 Å². The third-order valence-electron chi connectivity index (χ3n) is 7.53. The molecule has 4 N–H and O–H groups in total. The van der Waals surface area contributed by atoms with Crippen molar-refractivity contribution < 1.29 is 14.4 Å². The molecular weight excluding hydrogens is 537 g/mol. The van der Waals surface area contributed by atoms with Gasteiger partial charge in [-0.2, -0.15) is 0 Å². The van der Waals surface area contributed by atoms with Crippen LogP contribution in [0.5, 0.6) is 0 Å². The number of hydrogen-bond donors (Lipinski definition) is 3. The maximum atomic E-state index is 13.0. The minimum Gasteiger partial charge on any atom is -0.366 e. The van der Waals surface area contributed by atoms with Crippen molar-refractivity contribution in [3.63, 3.8) is 0 Å². The first-order chi connectivity index (χ1) is 18.8. The fraction of sp³-hybridized carbons (Fsp3) is 0.310. The summed E-state index contributed by atoms with van der Waals surface area (Å²) >= 11 is 12.4. The molecule has 3 aromatic rings. The summed E-state index contributed by atoms with van der Waals surface area (Å²) in [6.45, 7) is 1.32. The lowest BCUT2D eigenvalue weighted by Gasteiger charge is -2.38. The third-order valence-corrected chi connectivity index (χ3v) is 8.16. The van der Waals surface area contributed by atoms with E-state index < -0.39 is 5.91 Å². The highest BCUT2D eigenvalue weighted by atomic mass is 35.5. The molecule has 8 nitrogen and oxygen atoms in total. The highest BCUT2D eigenvalue weighted by Crippen LogP contribution is 2.39. The average Bonchev–Trinajstić information content (AvgIpc) is 3.35. The Balaban J connectivity index is 1.22. The molecule has 1 aliphatic heterocycles. The van der Waals surface area contributed by atoms with Gasteiger partial charge in [0.1, 0.15) is 5.82 Å². The van der Waals surface area contributed by atoms with E-state index in [1.165, 1.54) is 12.1 Å². The number of amides is 3. The Morgan fingerprint density at radius 3 is 2.44 bits per heavy atom. The fourth-order valence-corrected chi connectivity index (χ4v) is 6.14. The van der Waals surface area contributed by atoms with Crippen molar-refractivity contribution in [2.45, 2.75) is 44.3 Å². The lowest BCUT2D eigenvalue weighted by atomic mass is 9.92. The molecule has 0 radical (unpaired) electrons. The number of nitrogens with zero attached hydrogens (tertiary/aromatic N) is 2. The minimum atomic E-state index is -0.705. The number of fused-ring (bicyclic) bond motifs is 1. The summed E-state index contributed by atoms with van der Waals surface area (Å²) in [5.41, 5.74) is 7.15. The largest absolute Gasteiger partial charge is 0.366 e. The van der Waals surface area contributed by atoms with Crippen molar-refractivity contribution in [3.8, 4) is 0 Å². The molecule has 1 aliphatic carbocycles. The van der Waals surface area contributed by atoms with Gasteiger partial charge in [-0.05, 0) is 61.4 Å². The van der Waals surface area contributed by atoms with Crippen molar-refractivity contribution in [3.05, 3.63) is 93.1 Å². The number of benzene rings is 2. The van der Waals surface area contributed by atoms with E-state index in [-0.39, 0.29) is 45.1 Å². The van der Waals surface area contributed by atoms with Gasteiger partial charge in [-0.1, -0.05) is 53.5 Å². The van der Waals surface area contributed by atoms with Gasteiger partial charge in [0.15, 0.2) is 0 Å². The molecule has 2 fully saturated rings. The zero-order valence-electron chi connectivity index (χ0n) is 21.2. The van der Waals surface area contributed by atoms with Crippen molar-refractivity contribution in [1.82, 2.24) is 15.6 Å². The average molecular weight is 566 g/mol. The van der Waals surface area contributed by atoms with E-state index in [9.17, 15) is 14.4 Å².